The zero-order valence-electron chi connectivity index (χ0n) is 18.6. The molecule has 6 nitrogen and oxygen atoms in total. The largest absolute Gasteiger partial charge is 0.369 e. The van der Waals surface area contributed by atoms with Crippen molar-refractivity contribution < 1.29 is 4.79 Å². The van der Waals surface area contributed by atoms with Gasteiger partial charge in [-0.2, -0.15) is 0 Å². The van der Waals surface area contributed by atoms with Crippen LogP contribution in [0.4, 0.5) is 11.6 Å². The van der Waals surface area contributed by atoms with Gasteiger partial charge in [-0.05, 0) is 57.9 Å². The number of hydrogen-bond donors (Lipinski definition) is 3. The van der Waals surface area contributed by atoms with Crippen molar-refractivity contribution in [1.29, 1.82) is 0 Å². The number of hydrogen-bond acceptors (Lipinski definition) is 5. The number of para-hydroxylation sites is 1. The third-order valence-electron chi connectivity index (χ3n) is 4.50. The van der Waals surface area contributed by atoms with Gasteiger partial charge in [0.25, 0.3) is 0 Å². The van der Waals surface area contributed by atoms with Gasteiger partial charge in [0.2, 0.25) is 11.9 Å². The van der Waals surface area contributed by atoms with Crippen LogP contribution in [0.1, 0.15) is 63.4 Å². The van der Waals surface area contributed by atoms with Crippen LogP contribution in [0.3, 0.4) is 0 Å². The molecule has 29 heavy (non-hydrogen) atoms. The van der Waals surface area contributed by atoms with Gasteiger partial charge in [0.15, 0.2) is 0 Å². The highest BCUT2D eigenvalue weighted by molar-refractivity contribution is 5.79. The van der Waals surface area contributed by atoms with Crippen LogP contribution in [0.5, 0.6) is 0 Å². The van der Waals surface area contributed by atoms with Crippen LogP contribution < -0.4 is 16.4 Å². The Morgan fingerprint density at radius 1 is 1.10 bits per heavy atom. The molecule has 2 rings (SSSR count). The van der Waals surface area contributed by atoms with Crippen LogP contribution in [0.2, 0.25) is 0 Å². The molecule has 4 N–H and O–H groups in total. The lowest BCUT2D eigenvalue weighted by molar-refractivity contribution is -0.117. The van der Waals surface area contributed by atoms with Crippen LogP contribution in [0.15, 0.2) is 30.3 Å². The summed E-state index contributed by atoms with van der Waals surface area (Å²) in [5.41, 5.74) is 8.65. The Balaban J connectivity index is 0.000000359. The van der Waals surface area contributed by atoms with Crippen molar-refractivity contribution >= 4 is 17.5 Å². The molecule has 1 aromatic carbocycles. The molecule has 6 heteroatoms. The summed E-state index contributed by atoms with van der Waals surface area (Å²) in [6.07, 6.45) is 5.45. The Bertz CT molecular complexity index is 728. The number of unbranched alkanes of at least 4 members (excludes halogenated alkanes) is 2. The summed E-state index contributed by atoms with van der Waals surface area (Å²) in [6, 6.07) is 10.1. The average molecular weight is 400 g/mol. The van der Waals surface area contributed by atoms with Gasteiger partial charge >= 0.3 is 0 Å². The predicted molar refractivity (Wildman–Crippen MR) is 121 cm³/mol. The third kappa shape index (κ3) is 10.6. The molecular formula is C23H37N5O. The number of anilines is 2. The SMILES string of the molecule is CCCCCNC(C)CC.Cc1cc(C)nc(Nc2ccccc2CC(N)=O)n1. The molecule has 0 aliphatic heterocycles. The van der Waals surface area contributed by atoms with Gasteiger partial charge in [0.05, 0.1) is 6.42 Å². The Kier molecular flexibility index (Phi) is 11.6. The summed E-state index contributed by atoms with van der Waals surface area (Å²) in [7, 11) is 0. The van der Waals surface area contributed by atoms with E-state index in [0.717, 1.165) is 22.6 Å². The van der Waals surface area contributed by atoms with Crippen molar-refractivity contribution in [3.8, 4) is 0 Å². The van der Waals surface area contributed by atoms with Crippen molar-refractivity contribution in [3.63, 3.8) is 0 Å². The molecule has 0 saturated carbocycles. The van der Waals surface area contributed by atoms with Crippen LogP contribution in [0.25, 0.3) is 0 Å². The van der Waals surface area contributed by atoms with E-state index < -0.39 is 0 Å². The Labute approximate surface area is 175 Å². The lowest BCUT2D eigenvalue weighted by atomic mass is 10.1. The smallest absolute Gasteiger partial charge is 0.227 e. The number of aryl methyl sites for hydroxylation is 2. The minimum absolute atomic E-state index is 0.188. The van der Waals surface area contributed by atoms with Gasteiger partial charge in [-0.25, -0.2) is 9.97 Å². The first-order valence-corrected chi connectivity index (χ1v) is 10.5. The van der Waals surface area contributed by atoms with E-state index in [-0.39, 0.29) is 12.3 Å². The summed E-state index contributed by atoms with van der Waals surface area (Å²) in [5.74, 6) is 0.157. The second-order valence-electron chi connectivity index (χ2n) is 7.37. The second-order valence-corrected chi connectivity index (χ2v) is 7.37. The van der Waals surface area contributed by atoms with Crippen molar-refractivity contribution in [2.45, 2.75) is 72.8 Å². The van der Waals surface area contributed by atoms with Crippen molar-refractivity contribution in [2.75, 3.05) is 11.9 Å². The van der Waals surface area contributed by atoms with E-state index in [0.29, 0.717) is 12.0 Å². The van der Waals surface area contributed by atoms with E-state index >= 15 is 0 Å². The summed E-state index contributed by atoms with van der Waals surface area (Å²) < 4.78 is 0. The van der Waals surface area contributed by atoms with Gasteiger partial charge in [-0.1, -0.05) is 44.9 Å². The number of rotatable bonds is 10. The minimum atomic E-state index is -0.365. The molecular weight excluding hydrogens is 362 g/mol. The maximum Gasteiger partial charge on any atom is 0.227 e. The van der Waals surface area contributed by atoms with Crippen molar-refractivity contribution in [3.05, 3.63) is 47.3 Å². The summed E-state index contributed by atoms with van der Waals surface area (Å²) >= 11 is 0. The van der Waals surface area contributed by atoms with E-state index in [4.69, 9.17) is 5.73 Å². The number of nitrogens with zero attached hydrogens (tertiary/aromatic N) is 2. The summed E-state index contributed by atoms with van der Waals surface area (Å²) in [4.78, 5) is 19.7. The molecule has 1 atom stereocenters. The number of carbonyl (C=O) groups excluding carboxylic acids is 1. The Morgan fingerprint density at radius 2 is 1.76 bits per heavy atom. The fraction of sp³-hybridized carbons (Fsp3) is 0.522. The van der Waals surface area contributed by atoms with Gasteiger partial charge in [-0.3, -0.25) is 4.79 Å². The first-order valence-electron chi connectivity index (χ1n) is 10.5. The molecule has 0 aliphatic rings. The molecule has 1 heterocycles. The van der Waals surface area contributed by atoms with Gasteiger partial charge in [0.1, 0.15) is 0 Å². The zero-order chi connectivity index (χ0) is 21.6. The van der Waals surface area contributed by atoms with Crippen molar-refractivity contribution in [1.82, 2.24) is 15.3 Å². The predicted octanol–water partition coefficient (Wildman–Crippen LogP) is 4.43. The number of nitrogens with two attached hydrogens (primary N) is 1. The molecule has 0 aliphatic carbocycles. The standard InChI is InChI=1S/C14H16N4O.C9H21N/c1-9-7-10(2)17-14(16-9)18-12-6-4-3-5-11(12)8-13(15)19;1-4-6-7-8-10-9(3)5-2/h3-7H,8H2,1-2H3,(H2,15,19)(H,16,17,18);9-10H,4-8H2,1-3H3. The quantitative estimate of drug-likeness (QED) is 0.514. The third-order valence-corrected chi connectivity index (χ3v) is 4.50. The molecule has 0 radical (unpaired) electrons. The lowest BCUT2D eigenvalue weighted by Gasteiger charge is -2.10. The number of nitrogens with one attached hydrogen (secondary N) is 2. The highest BCUT2D eigenvalue weighted by Gasteiger charge is 2.07. The van der Waals surface area contributed by atoms with Crippen LogP contribution in [-0.2, 0) is 11.2 Å². The number of benzene rings is 1. The van der Waals surface area contributed by atoms with Crippen LogP contribution in [0, 0.1) is 13.8 Å². The number of amides is 1. The molecule has 0 fully saturated rings. The second kappa shape index (κ2) is 13.7. The van der Waals surface area contributed by atoms with E-state index in [2.05, 4.69) is 41.4 Å². The van der Waals surface area contributed by atoms with Gasteiger partial charge in [0, 0.05) is 23.1 Å². The normalized spacial score (nSPS) is 11.3. The Morgan fingerprint density at radius 3 is 2.34 bits per heavy atom. The topological polar surface area (TPSA) is 92.9 Å². The first-order chi connectivity index (χ1) is 13.8. The molecule has 2 aromatic rings. The molecule has 1 aromatic heterocycles. The number of aromatic nitrogens is 2. The van der Waals surface area contributed by atoms with Gasteiger partial charge < -0.3 is 16.4 Å². The fourth-order valence-corrected chi connectivity index (χ4v) is 2.75. The van der Waals surface area contributed by atoms with Crippen molar-refractivity contribution in [2.24, 2.45) is 5.73 Å². The average Bonchev–Trinajstić information content (AvgIpc) is 2.66. The van der Waals surface area contributed by atoms with E-state index in [1.807, 2.05) is 44.2 Å². The van der Waals surface area contributed by atoms with E-state index in [1.54, 1.807) is 0 Å². The molecule has 1 amide bonds. The van der Waals surface area contributed by atoms with Crippen LogP contribution >= 0.6 is 0 Å². The van der Waals surface area contributed by atoms with E-state index in [9.17, 15) is 4.79 Å². The number of carbonyl (C=O) groups is 1. The van der Waals surface area contributed by atoms with E-state index in [1.165, 1.54) is 32.2 Å². The first kappa shape index (κ1) is 24.6. The number of primary amides is 1. The summed E-state index contributed by atoms with van der Waals surface area (Å²) in [5, 5.41) is 6.60. The highest BCUT2D eigenvalue weighted by atomic mass is 16.1. The zero-order valence-corrected chi connectivity index (χ0v) is 18.6. The monoisotopic (exact) mass is 399 g/mol. The summed E-state index contributed by atoms with van der Waals surface area (Å²) in [6.45, 7) is 11.7. The molecule has 0 spiro atoms. The molecule has 0 saturated heterocycles. The maximum atomic E-state index is 11.0. The minimum Gasteiger partial charge on any atom is -0.369 e. The molecule has 0 bridgehead atoms. The van der Waals surface area contributed by atoms with Crippen LogP contribution in [-0.4, -0.2) is 28.5 Å². The fourth-order valence-electron chi connectivity index (χ4n) is 2.75. The molecule has 160 valence electrons. The maximum absolute atomic E-state index is 11.0. The Hall–Kier alpha value is -2.47. The highest BCUT2D eigenvalue weighted by Crippen LogP contribution is 2.19. The molecule has 1 unspecified atom stereocenters. The van der Waals surface area contributed by atoms with Gasteiger partial charge in [-0.15, -0.1) is 0 Å². The lowest BCUT2D eigenvalue weighted by Crippen LogP contribution is -2.25.